The van der Waals surface area contributed by atoms with Crippen LogP contribution in [0.5, 0.6) is 0 Å². The van der Waals surface area contributed by atoms with Crippen LogP contribution in [0.4, 0.5) is 8.78 Å². The van der Waals surface area contributed by atoms with E-state index >= 15 is 0 Å². The zero-order valence-electron chi connectivity index (χ0n) is 15.1. The van der Waals surface area contributed by atoms with Gasteiger partial charge in [0.1, 0.15) is 5.82 Å². The van der Waals surface area contributed by atoms with Crippen molar-refractivity contribution in [3.05, 3.63) is 60.0 Å². The lowest BCUT2D eigenvalue weighted by molar-refractivity contribution is 0.0834. The number of halogens is 2. The van der Waals surface area contributed by atoms with Gasteiger partial charge in [0.2, 0.25) is 0 Å². The maximum absolute atomic E-state index is 13.1. The molecule has 3 heterocycles. The third kappa shape index (κ3) is 2.92. The zero-order chi connectivity index (χ0) is 19.1. The third-order valence-corrected chi connectivity index (χ3v) is 5.31. The number of fused-ring (bicyclic) bond motifs is 3. The molecule has 5 nitrogen and oxygen atoms in total. The Hall–Kier alpha value is -2.93. The van der Waals surface area contributed by atoms with Gasteiger partial charge in [-0.15, -0.1) is 10.2 Å². The fourth-order valence-electron chi connectivity index (χ4n) is 3.83. The number of hydrogen-bond acceptors (Lipinski definition) is 4. The van der Waals surface area contributed by atoms with E-state index in [0.717, 1.165) is 40.8 Å². The van der Waals surface area contributed by atoms with Crippen LogP contribution >= 0.6 is 0 Å². The lowest BCUT2D eigenvalue weighted by Gasteiger charge is -2.20. The molecule has 2 aromatic heterocycles. The van der Waals surface area contributed by atoms with Gasteiger partial charge in [-0.1, -0.05) is 24.3 Å². The number of alkyl halides is 2. The molecule has 4 aromatic rings. The van der Waals surface area contributed by atoms with Crippen LogP contribution in [-0.4, -0.2) is 32.8 Å². The van der Waals surface area contributed by atoms with Gasteiger partial charge in [-0.3, -0.25) is 9.38 Å². The van der Waals surface area contributed by atoms with E-state index in [9.17, 15) is 8.78 Å². The van der Waals surface area contributed by atoms with Gasteiger partial charge in [0.15, 0.2) is 5.65 Å². The lowest BCUT2D eigenvalue weighted by Crippen LogP contribution is -2.16. The topological polar surface area (TPSA) is 52.3 Å². The highest BCUT2D eigenvalue weighted by Crippen LogP contribution is 2.31. The van der Waals surface area contributed by atoms with Gasteiger partial charge >= 0.3 is 0 Å². The summed E-state index contributed by atoms with van der Waals surface area (Å²) in [7, 11) is 0. The summed E-state index contributed by atoms with van der Waals surface area (Å²) in [5, 5.41) is 8.72. The Labute approximate surface area is 160 Å². The molecule has 0 radical (unpaired) electrons. The Balaban J connectivity index is 1.68. The fourth-order valence-corrected chi connectivity index (χ4v) is 3.83. The Morgan fingerprint density at radius 1 is 1.00 bits per heavy atom. The molecular formula is C21H18F2N4O. The van der Waals surface area contributed by atoms with Crippen LogP contribution in [0.1, 0.15) is 36.6 Å². The summed E-state index contributed by atoms with van der Waals surface area (Å²) in [6, 6.07) is 12.3. The molecular weight excluding hydrogens is 362 g/mol. The summed E-state index contributed by atoms with van der Waals surface area (Å²) >= 11 is 0. The fraction of sp³-hybridized carbons (Fsp3) is 0.286. The average Bonchev–Trinajstić information content (AvgIpc) is 3.19. The number of aromatic nitrogens is 4. The van der Waals surface area contributed by atoms with Crippen LogP contribution in [0.25, 0.3) is 27.8 Å². The Morgan fingerprint density at radius 3 is 2.64 bits per heavy atom. The van der Waals surface area contributed by atoms with Crippen molar-refractivity contribution >= 4 is 16.7 Å². The van der Waals surface area contributed by atoms with Crippen molar-refractivity contribution in [1.29, 1.82) is 0 Å². The lowest BCUT2D eigenvalue weighted by atomic mass is 9.99. The minimum Gasteiger partial charge on any atom is -0.381 e. The third-order valence-electron chi connectivity index (χ3n) is 5.31. The second-order valence-corrected chi connectivity index (χ2v) is 7.03. The van der Waals surface area contributed by atoms with Gasteiger partial charge in [0.05, 0.1) is 17.2 Å². The summed E-state index contributed by atoms with van der Waals surface area (Å²) < 4.78 is 33.7. The number of nitrogens with zero attached hydrogens (tertiary/aromatic N) is 4. The molecule has 1 saturated heterocycles. The molecule has 142 valence electrons. The highest BCUT2D eigenvalue weighted by Gasteiger charge is 2.22. The molecule has 0 aliphatic carbocycles. The van der Waals surface area contributed by atoms with Crippen LogP contribution in [0, 0.1) is 0 Å². The van der Waals surface area contributed by atoms with Crippen LogP contribution in [0.2, 0.25) is 0 Å². The standard InChI is InChI=1S/C21H18F2N4O/c22-20(23)16-3-1-2-14(10-16)15-4-5-17-18(11-15)27-19(12-24-17)25-26-21(27)13-6-8-28-9-7-13/h1-5,10-13,20H,6-9H2. The first-order valence-corrected chi connectivity index (χ1v) is 9.31. The molecule has 28 heavy (non-hydrogen) atoms. The first kappa shape index (κ1) is 17.2. The van der Waals surface area contributed by atoms with Gasteiger partial charge in [-0.2, -0.15) is 0 Å². The normalized spacial score (nSPS) is 15.7. The number of rotatable bonds is 3. The molecule has 0 saturated carbocycles. The van der Waals surface area contributed by atoms with E-state index in [1.54, 1.807) is 12.3 Å². The Bertz CT molecular complexity index is 1150. The Kier molecular flexibility index (Phi) is 4.24. The van der Waals surface area contributed by atoms with Crippen molar-refractivity contribution in [2.75, 3.05) is 13.2 Å². The SMILES string of the molecule is FC(F)c1cccc(-c2ccc3ncc4nnc(C5CCOCC5)n4c3c2)c1. The van der Waals surface area contributed by atoms with E-state index in [1.165, 1.54) is 12.1 Å². The Morgan fingerprint density at radius 2 is 1.82 bits per heavy atom. The highest BCUT2D eigenvalue weighted by molar-refractivity contribution is 5.83. The van der Waals surface area contributed by atoms with Crippen LogP contribution in [0.3, 0.4) is 0 Å². The maximum Gasteiger partial charge on any atom is 0.263 e. The number of ether oxygens (including phenoxy) is 1. The van der Waals surface area contributed by atoms with Crippen molar-refractivity contribution < 1.29 is 13.5 Å². The quantitative estimate of drug-likeness (QED) is 0.513. The zero-order valence-corrected chi connectivity index (χ0v) is 15.1. The largest absolute Gasteiger partial charge is 0.381 e. The molecule has 1 aliphatic heterocycles. The van der Waals surface area contributed by atoms with Crippen molar-refractivity contribution in [3.63, 3.8) is 0 Å². The van der Waals surface area contributed by atoms with E-state index in [1.807, 2.05) is 28.7 Å². The molecule has 0 unspecified atom stereocenters. The minimum absolute atomic E-state index is 0.0149. The summed E-state index contributed by atoms with van der Waals surface area (Å²) in [6.07, 6.45) is 1.03. The van der Waals surface area contributed by atoms with E-state index in [0.29, 0.717) is 18.9 Å². The molecule has 1 fully saturated rings. The van der Waals surface area contributed by atoms with Gasteiger partial charge in [0, 0.05) is 24.7 Å². The molecule has 0 bridgehead atoms. The van der Waals surface area contributed by atoms with Crippen molar-refractivity contribution in [2.45, 2.75) is 25.2 Å². The average molecular weight is 380 g/mol. The second-order valence-electron chi connectivity index (χ2n) is 7.03. The van der Waals surface area contributed by atoms with Gasteiger partial charge in [0.25, 0.3) is 6.43 Å². The predicted octanol–water partition coefficient (Wildman–Crippen LogP) is 4.78. The van der Waals surface area contributed by atoms with Crippen LogP contribution in [-0.2, 0) is 4.74 Å². The van der Waals surface area contributed by atoms with Gasteiger partial charge in [-0.05, 0) is 42.2 Å². The van der Waals surface area contributed by atoms with Crippen molar-refractivity contribution in [2.24, 2.45) is 0 Å². The molecule has 0 amide bonds. The summed E-state index contributed by atoms with van der Waals surface area (Å²) in [5.74, 6) is 1.18. The van der Waals surface area contributed by atoms with Gasteiger partial charge < -0.3 is 4.74 Å². The molecule has 2 aromatic carbocycles. The van der Waals surface area contributed by atoms with E-state index in [-0.39, 0.29) is 11.5 Å². The smallest absolute Gasteiger partial charge is 0.263 e. The predicted molar refractivity (Wildman–Crippen MR) is 101 cm³/mol. The molecule has 7 heteroatoms. The van der Waals surface area contributed by atoms with Crippen molar-refractivity contribution in [1.82, 2.24) is 19.6 Å². The summed E-state index contributed by atoms with van der Waals surface area (Å²) in [6.45, 7) is 1.43. The van der Waals surface area contributed by atoms with Crippen molar-refractivity contribution in [3.8, 4) is 11.1 Å². The molecule has 1 aliphatic rings. The molecule has 5 rings (SSSR count). The maximum atomic E-state index is 13.1. The monoisotopic (exact) mass is 380 g/mol. The molecule has 0 N–H and O–H groups in total. The first-order chi connectivity index (χ1) is 13.7. The summed E-state index contributed by atoms with van der Waals surface area (Å²) in [4.78, 5) is 4.48. The number of hydrogen-bond donors (Lipinski definition) is 0. The summed E-state index contributed by atoms with van der Waals surface area (Å²) in [5.41, 5.74) is 4.00. The number of benzene rings is 2. The van der Waals surface area contributed by atoms with Gasteiger partial charge in [-0.25, -0.2) is 8.78 Å². The first-order valence-electron chi connectivity index (χ1n) is 9.31. The van der Waals surface area contributed by atoms with E-state index < -0.39 is 6.43 Å². The highest BCUT2D eigenvalue weighted by atomic mass is 19.3. The van der Waals surface area contributed by atoms with Crippen LogP contribution in [0.15, 0.2) is 48.7 Å². The molecule has 0 spiro atoms. The van der Waals surface area contributed by atoms with Crippen LogP contribution < -0.4 is 0 Å². The second kappa shape index (κ2) is 6.91. The minimum atomic E-state index is -2.49. The van der Waals surface area contributed by atoms with E-state index in [4.69, 9.17) is 4.74 Å². The molecule has 0 atom stereocenters. The van der Waals surface area contributed by atoms with E-state index in [2.05, 4.69) is 15.2 Å².